The van der Waals surface area contributed by atoms with Crippen LogP contribution >= 0.6 is 0 Å². The van der Waals surface area contributed by atoms with Gasteiger partial charge in [0, 0.05) is 13.5 Å². The zero-order valence-corrected chi connectivity index (χ0v) is 17.7. The van der Waals surface area contributed by atoms with Crippen LogP contribution < -0.4 is 0 Å². The Morgan fingerprint density at radius 1 is 1.07 bits per heavy atom. The van der Waals surface area contributed by atoms with Crippen LogP contribution in [0.1, 0.15) is 52.4 Å². The van der Waals surface area contributed by atoms with Gasteiger partial charge in [-0.1, -0.05) is 26.0 Å². The lowest BCUT2D eigenvalue weighted by Crippen LogP contribution is -2.49. The van der Waals surface area contributed by atoms with Crippen LogP contribution in [0.3, 0.4) is 0 Å². The van der Waals surface area contributed by atoms with Gasteiger partial charge in [-0.2, -0.15) is 0 Å². The maximum absolute atomic E-state index is 5.67. The molecule has 0 aromatic rings. The topological polar surface area (TPSA) is 40.0 Å². The molecule has 1 saturated carbocycles. The highest BCUT2D eigenvalue weighted by Crippen LogP contribution is 2.64. The van der Waals surface area contributed by atoms with Crippen LogP contribution in [0.15, 0.2) is 40.1 Å². The molecule has 6 atom stereocenters. The van der Waals surface area contributed by atoms with Crippen LogP contribution in [-0.2, 0) is 14.2 Å². The number of rotatable bonds is 3. The molecule has 4 heteroatoms. The van der Waals surface area contributed by atoms with Gasteiger partial charge in [0.05, 0.1) is 25.2 Å². The standard InChI is InChI=1S/C24H33NO3/c1-23-11-9-16(26-3)13-15(23)5-6-17-18-7-8-20(21-14-28-22(25-21)27-4)24(18,2)12-10-19(17)23/h5,8,13,17-19,22H,6-7,9-12,14H2,1-4H3/t17-,18-,19-,22+,23-,24-/m0/s1. The monoisotopic (exact) mass is 383 g/mol. The molecule has 0 N–H and O–H groups in total. The molecule has 1 fully saturated rings. The van der Waals surface area contributed by atoms with Gasteiger partial charge in [-0.15, -0.1) is 0 Å². The van der Waals surface area contributed by atoms with Gasteiger partial charge in [0.1, 0.15) is 0 Å². The Balaban J connectivity index is 1.44. The van der Waals surface area contributed by atoms with Crippen molar-refractivity contribution in [1.29, 1.82) is 0 Å². The first-order chi connectivity index (χ1) is 13.5. The van der Waals surface area contributed by atoms with Crippen molar-refractivity contribution in [2.45, 2.75) is 58.8 Å². The Hall–Kier alpha value is -1.39. The quantitative estimate of drug-likeness (QED) is 0.686. The highest BCUT2D eigenvalue weighted by Gasteiger charge is 2.57. The molecular formula is C24H33NO3. The first-order valence-electron chi connectivity index (χ1n) is 10.9. The zero-order valence-electron chi connectivity index (χ0n) is 17.7. The van der Waals surface area contributed by atoms with E-state index in [4.69, 9.17) is 19.2 Å². The second kappa shape index (κ2) is 6.56. The van der Waals surface area contributed by atoms with Gasteiger partial charge >= 0.3 is 0 Å². The molecule has 0 saturated heterocycles. The van der Waals surface area contributed by atoms with E-state index >= 15 is 0 Å². The summed E-state index contributed by atoms with van der Waals surface area (Å²) in [6.45, 7) is 5.59. The van der Waals surface area contributed by atoms with Crippen molar-refractivity contribution in [1.82, 2.24) is 0 Å². The zero-order chi connectivity index (χ0) is 19.5. The summed E-state index contributed by atoms with van der Waals surface area (Å²) in [6, 6.07) is 0. The average molecular weight is 384 g/mol. The van der Waals surface area contributed by atoms with E-state index in [0.717, 1.165) is 29.7 Å². The Kier molecular flexibility index (Phi) is 4.37. The minimum absolute atomic E-state index is 0.232. The number of fused-ring (bicyclic) bond motifs is 5. The van der Waals surface area contributed by atoms with Gasteiger partial charge in [-0.05, 0) is 77.9 Å². The summed E-state index contributed by atoms with van der Waals surface area (Å²) in [5.74, 6) is 3.41. The van der Waals surface area contributed by atoms with Crippen LogP contribution in [0, 0.1) is 28.6 Å². The molecule has 0 radical (unpaired) electrons. The molecule has 1 aliphatic heterocycles. The van der Waals surface area contributed by atoms with E-state index in [1.807, 2.05) is 7.11 Å². The third-order valence-electron chi connectivity index (χ3n) is 8.71. The summed E-state index contributed by atoms with van der Waals surface area (Å²) >= 11 is 0. The molecule has 28 heavy (non-hydrogen) atoms. The van der Waals surface area contributed by atoms with Crippen molar-refractivity contribution in [3.05, 3.63) is 35.1 Å². The Labute approximate surface area is 168 Å². The molecule has 0 aromatic heterocycles. The van der Waals surface area contributed by atoms with Crippen molar-refractivity contribution >= 4 is 5.71 Å². The minimum atomic E-state index is -0.419. The van der Waals surface area contributed by atoms with Crippen LogP contribution in [-0.4, -0.2) is 33.0 Å². The van der Waals surface area contributed by atoms with Crippen LogP contribution in [0.5, 0.6) is 0 Å². The van der Waals surface area contributed by atoms with E-state index in [-0.39, 0.29) is 5.41 Å². The second-order valence-electron chi connectivity index (χ2n) is 9.74. The number of hydrogen-bond acceptors (Lipinski definition) is 4. The highest BCUT2D eigenvalue weighted by molar-refractivity contribution is 6.03. The third kappa shape index (κ3) is 2.53. The molecule has 0 amide bonds. The smallest absolute Gasteiger partial charge is 0.258 e. The highest BCUT2D eigenvalue weighted by atomic mass is 16.7. The van der Waals surface area contributed by atoms with Gasteiger partial charge in [0.15, 0.2) is 0 Å². The number of hydrogen-bond donors (Lipinski definition) is 0. The SMILES string of the molecule is COC1=CC2=CC[C@@H]3[C@H](CC[C@]4(C)C(C5=N[C@H](OC)OC5)=CC[C@@H]34)[C@@]2(C)CC1. The third-order valence-corrected chi connectivity index (χ3v) is 8.71. The largest absolute Gasteiger partial charge is 0.501 e. The van der Waals surface area contributed by atoms with Crippen molar-refractivity contribution in [2.75, 3.05) is 20.8 Å². The lowest BCUT2D eigenvalue weighted by molar-refractivity contribution is -0.0915. The van der Waals surface area contributed by atoms with Crippen molar-refractivity contribution in [2.24, 2.45) is 33.6 Å². The fourth-order valence-corrected chi connectivity index (χ4v) is 7.10. The van der Waals surface area contributed by atoms with Gasteiger partial charge in [0.2, 0.25) is 0 Å². The van der Waals surface area contributed by atoms with Gasteiger partial charge in [0.25, 0.3) is 6.41 Å². The average Bonchev–Trinajstić information content (AvgIpc) is 3.30. The Morgan fingerprint density at radius 2 is 1.93 bits per heavy atom. The molecule has 5 rings (SSSR count). The fourth-order valence-electron chi connectivity index (χ4n) is 7.10. The van der Waals surface area contributed by atoms with Crippen LogP contribution in [0.2, 0.25) is 0 Å². The number of aliphatic imine (C=N–C) groups is 1. The minimum Gasteiger partial charge on any atom is -0.501 e. The molecule has 1 heterocycles. The normalized spacial score (nSPS) is 44.6. The maximum atomic E-state index is 5.67. The van der Waals surface area contributed by atoms with Gasteiger partial charge < -0.3 is 14.2 Å². The van der Waals surface area contributed by atoms with E-state index in [0.29, 0.717) is 17.9 Å². The Morgan fingerprint density at radius 3 is 2.68 bits per heavy atom. The molecule has 0 unspecified atom stereocenters. The number of methoxy groups -OCH3 is 2. The number of allylic oxidation sites excluding steroid dienone is 5. The molecule has 4 aliphatic carbocycles. The van der Waals surface area contributed by atoms with Gasteiger partial charge in [-0.3, -0.25) is 0 Å². The van der Waals surface area contributed by atoms with Crippen molar-refractivity contribution < 1.29 is 14.2 Å². The summed E-state index contributed by atoms with van der Waals surface area (Å²) in [7, 11) is 3.47. The summed E-state index contributed by atoms with van der Waals surface area (Å²) in [5, 5.41) is 0. The summed E-state index contributed by atoms with van der Waals surface area (Å²) in [5.41, 5.74) is 4.64. The molecule has 0 aromatic carbocycles. The lowest BCUT2D eigenvalue weighted by atomic mass is 9.48. The lowest BCUT2D eigenvalue weighted by Gasteiger charge is -2.56. The first kappa shape index (κ1) is 18.6. The fraction of sp³-hybridized carbons (Fsp3) is 0.708. The van der Waals surface area contributed by atoms with Gasteiger partial charge in [-0.25, -0.2) is 4.99 Å². The molecule has 152 valence electrons. The Bertz CT molecular complexity index is 794. The van der Waals surface area contributed by atoms with E-state index in [1.165, 1.54) is 43.3 Å². The van der Waals surface area contributed by atoms with Crippen molar-refractivity contribution in [3.63, 3.8) is 0 Å². The molecule has 4 nitrogen and oxygen atoms in total. The summed E-state index contributed by atoms with van der Waals surface area (Å²) in [4.78, 5) is 4.70. The second-order valence-corrected chi connectivity index (χ2v) is 9.74. The van der Waals surface area contributed by atoms with Crippen LogP contribution in [0.25, 0.3) is 0 Å². The molecule has 0 bridgehead atoms. The number of ether oxygens (including phenoxy) is 3. The number of nitrogens with zero attached hydrogens (tertiary/aromatic N) is 1. The predicted octanol–water partition coefficient (Wildman–Crippen LogP) is 5.03. The first-order valence-corrected chi connectivity index (χ1v) is 10.9. The van der Waals surface area contributed by atoms with E-state index in [2.05, 4.69) is 32.1 Å². The van der Waals surface area contributed by atoms with Crippen molar-refractivity contribution in [3.8, 4) is 0 Å². The van der Waals surface area contributed by atoms with E-state index in [9.17, 15) is 0 Å². The molecular weight excluding hydrogens is 350 g/mol. The maximum Gasteiger partial charge on any atom is 0.258 e. The van der Waals surface area contributed by atoms with Crippen LogP contribution in [0.4, 0.5) is 0 Å². The summed E-state index contributed by atoms with van der Waals surface area (Å²) < 4.78 is 16.5. The van der Waals surface area contributed by atoms with E-state index < -0.39 is 6.41 Å². The molecule has 5 aliphatic rings. The predicted molar refractivity (Wildman–Crippen MR) is 110 cm³/mol. The van der Waals surface area contributed by atoms with E-state index in [1.54, 1.807) is 7.11 Å². The summed E-state index contributed by atoms with van der Waals surface area (Å²) in [6.07, 6.45) is 14.2. The molecule has 0 spiro atoms.